The van der Waals surface area contributed by atoms with Gasteiger partial charge in [-0.1, -0.05) is 79.4 Å². The fourth-order valence-corrected chi connectivity index (χ4v) is 5.00. The zero-order valence-corrected chi connectivity index (χ0v) is 23.5. The molecule has 0 aliphatic carbocycles. The Labute approximate surface area is 242 Å². The van der Waals surface area contributed by atoms with Crippen LogP contribution >= 0.6 is 43.6 Å². The van der Waals surface area contributed by atoms with Gasteiger partial charge in [0.25, 0.3) is 0 Å². The highest BCUT2D eigenvalue weighted by atomic mass is 79.9. The lowest BCUT2D eigenvalue weighted by atomic mass is 10.1. The summed E-state index contributed by atoms with van der Waals surface area (Å²) >= 11 is 7.34. The molecule has 4 aromatic rings. The number of hydrogen-bond donors (Lipinski definition) is 0. The maximum absolute atomic E-state index is 13.9. The Balaban J connectivity index is 1.85. The molecule has 0 aliphatic rings. The van der Waals surface area contributed by atoms with Crippen LogP contribution in [0.2, 0.25) is 0 Å². The Kier molecular flexibility index (Phi) is 8.86. The van der Waals surface area contributed by atoms with E-state index in [9.17, 15) is 26.3 Å². The third-order valence-corrected chi connectivity index (χ3v) is 7.41. The van der Waals surface area contributed by atoms with Crippen molar-refractivity contribution in [2.75, 3.05) is 0 Å². The van der Waals surface area contributed by atoms with Crippen LogP contribution in [0.1, 0.15) is 33.4 Å². The van der Waals surface area contributed by atoms with Crippen molar-refractivity contribution in [2.24, 2.45) is 0 Å². The van der Waals surface area contributed by atoms with Crippen molar-refractivity contribution < 1.29 is 26.3 Å². The van der Waals surface area contributed by atoms with Gasteiger partial charge in [-0.3, -0.25) is 0 Å². The first-order valence-electron chi connectivity index (χ1n) is 11.1. The molecule has 0 aliphatic heterocycles. The standard InChI is InChI=1S/C30H14Br2F6S/c31-21-13-7-19(8-14-21)11-17-23-25(29(33,34)35)3-1-5-27(23)39-28-6-2-4-26(30(36,37)38)24(28)18-12-20-9-15-22(32)16-10-20/h1-10,13-16H. The smallest absolute Gasteiger partial charge is 0.166 e. The molecule has 0 fully saturated rings. The summed E-state index contributed by atoms with van der Waals surface area (Å²) in [6.07, 6.45) is -9.45. The quantitative estimate of drug-likeness (QED) is 0.150. The van der Waals surface area contributed by atoms with Crippen LogP contribution in [-0.4, -0.2) is 0 Å². The summed E-state index contributed by atoms with van der Waals surface area (Å²) in [6, 6.07) is 20.4. The average molecular weight is 680 g/mol. The Morgan fingerprint density at radius 3 is 1.18 bits per heavy atom. The second-order valence-electron chi connectivity index (χ2n) is 7.97. The topological polar surface area (TPSA) is 0 Å². The summed E-state index contributed by atoms with van der Waals surface area (Å²) in [5.74, 6) is 10.7. The lowest BCUT2D eigenvalue weighted by Gasteiger charge is -2.15. The summed E-state index contributed by atoms with van der Waals surface area (Å²) < 4.78 is 85.1. The SMILES string of the molecule is FC(F)(F)c1cccc(Sc2cccc(C(F)(F)F)c2C#Cc2ccc(Br)cc2)c1C#Cc1ccc(Br)cc1. The van der Waals surface area contributed by atoms with Crippen molar-refractivity contribution in [2.45, 2.75) is 22.1 Å². The molecule has 0 atom stereocenters. The predicted octanol–water partition coefficient (Wildman–Crippen LogP) is 10.2. The van der Waals surface area contributed by atoms with E-state index in [2.05, 4.69) is 55.5 Å². The highest BCUT2D eigenvalue weighted by Gasteiger charge is 2.36. The third kappa shape index (κ3) is 7.51. The van der Waals surface area contributed by atoms with Gasteiger partial charge in [-0.2, -0.15) is 26.3 Å². The summed E-state index contributed by atoms with van der Waals surface area (Å²) in [6.45, 7) is 0. The van der Waals surface area contributed by atoms with Gasteiger partial charge < -0.3 is 0 Å². The van der Waals surface area contributed by atoms with E-state index in [0.29, 0.717) is 11.1 Å². The van der Waals surface area contributed by atoms with E-state index in [0.717, 1.165) is 32.8 Å². The Hall–Kier alpha value is -3.11. The number of hydrogen-bond acceptors (Lipinski definition) is 1. The first kappa shape index (κ1) is 28.9. The Morgan fingerprint density at radius 2 is 0.846 bits per heavy atom. The molecule has 39 heavy (non-hydrogen) atoms. The predicted molar refractivity (Wildman–Crippen MR) is 147 cm³/mol. The van der Waals surface area contributed by atoms with Crippen molar-refractivity contribution in [1.82, 2.24) is 0 Å². The van der Waals surface area contributed by atoms with Crippen LogP contribution in [0.25, 0.3) is 0 Å². The third-order valence-electron chi connectivity index (χ3n) is 5.24. The van der Waals surface area contributed by atoms with Crippen LogP contribution in [0, 0.1) is 23.7 Å². The first-order chi connectivity index (χ1) is 18.4. The molecule has 0 amide bonds. The van der Waals surface area contributed by atoms with E-state index in [1.54, 1.807) is 48.5 Å². The minimum absolute atomic E-state index is 0.0560. The van der Waals surface area contributed by atoms with Gasteiger partial charge in [-0.15, -0.1) is 0 Å². The molecule has 9 heteroatoms. The van der Waals surface area contributed by atoms with Crippen molar-refractivity contribution in [1.29, 1.82) is 0 Å². The van der Waals surface area contributed by atoms with E-state index in [4.69, 9.17) is 0 Å². The van der Waals surface area contributed by atoms with E-state index in [1.165, 1.54) is 24.3 Å². The van der Waals surface area contributed by atoms with Gasteiger partial charge in [0, 0.05) is 29.9 Å². The van der Waals surface area contributed by atoms with E-state index in [1.807, 2.05) is 0 Å². The van der Waals surface area contributed by atoms with E-state index in [-0.39, 0.29) is 20.9 Å². The normalized spacial score (nSPS) is 11.3. The summed E-state index contributed by atoms with van der Waals surface area (Å²) in [4.78, 5) is 0.112. The fourth-order valence-electron chi connectivity index (χ4n) is 3.42. The molecule has 0 saturated heterocycles. The maximum atomic E-state index is 13.9. The largest absolute Gasteiger partial charge is 0.417 e. The average Bonchev–Trinajstić information content (AvgIpc) is 2.87. The number of alkyl halides is 6. The Bertz CT molecular complexity index is 1490. The van der Waals surface area contributed by atoms with Gasteiger partial charge in [0.1, 0.15) is 0 Å². The molecule has 0 saturated carbocycles. The molecule has 4 rings (SSSR count). The molecule has 0 aromatic heterocycles. The van der Waals surface area contributed by atoms with Gasteiger partial charge in [0.15, 0.2) is 0 Å². The molecular formula is C30H14Br2F6S. The number of halogens is 8. The van der Waals surface area contributed by atoms with Gasteiger partial charge in [0.05, 0.1) is 22.3 Å². The molecule has 4 aromatic carbocycles. The van der Waals surface area contributed by atoms with Crippen LogP contribution in [0.3, 0.4) is 0 Å². The van der Waals surface area contributed by atoms with Crippen molar-refractivity contribution in [3.63, 3.8) is 0 Å². The first-order valence-corrected chi connectivity index (χ1v) is 13.5. The van der Waals surface area contributed by atoms with Gasteiger partial charge >= 0.3 is 12.4 Å². The Morgan fingerprint density at radius 1 is 0.487 bits per heavy atom. The van der Waals surface area contributed by atoms with Crippen molar-refractivity contribution in [3.8, 4) is 23.7 Å². The minimum Gasteiger partial charge on any atom is -0.166 e. The highest BCUT2D eigenvalue weighted by Crippen LogP contribution is 2.42. The summed E-state index contributed by atoms with van der Waals surface area (Å²) in [5.41, 5.74) is -1.67. The minimum atomic E-state index is -4.72. The number of rotatable bonds is 2. The highest BCUT2D eigenvalue weighted by molar-refractivity contribution is 9.10. The molecule has 0 bridgehead atoms. The van der Waals surface area contributed by atoms with Gasteiger partial charge in [-0.05, 0) is 72.8 Å². The summed E-state index contributed by atoms with van der Waals surface area (Å²) in [7, 11) is 0. The van der Waals surface area contributed by atoms with Crippen LogP contribution in [0.5, 0.6) is 0 Å². The molecule has 0 N–H and O–H groups in total. The molecule has 0 heterocycles. The zero-order chi connectivity index (χ0) is 28.2. The molecule has 0 nitrogen and oxygen atoms in total. The lowest BCUT2D eigenvalue weighted by molar-refractivity contribution is -0.138. The van der Waals surface area contributed by atoms with E-state index < -0.39 is 23.5 Å². The maximum Gasteiger partial charge on any atom is 0.417 e. The van der Waals surface area contributed by atoms with Crippen molar-refractivity contribution >= 4 is 43.6 Å². The van der Waals surface area contributed by atoms with Gasteiger partial charge in [-0.25, -0.2) is 0 Å². The molecule has 196 valence electrons. The van der Waals surface area contributed by atoms with Crippen LogP contribution in [-0.2, 0) is 12.4 Å². The lowest BCUT2D eigenvalue weighted by Crippen LogP contribution is -2.09. The van der Waals surface area contributed by atoms with Crippen LogP contribution in [0.4, 0.5) is 26.3 Å². The van der Waals surface area contributed by atoms with Crippen molar-refractivity contribution in [3.05, 3.63) is 127 Å². The second kappa shape index (κ2) is 12.0. The molecule has 0 unspecified atom stereocenters. The van der Waals surface area contributed by atoms with Crippen LogP contribution < -0.4 is 0 Å². The van der Waals surface area contributed by atoms with Gasteiger partial charge in [0.2, 0.25) is 0 Å². The monoisotopic (exact) mass is 678 g/mol. The zero-order valence-electron chi connectivity index (χ0n) is 19.5. The van der Waals surface area contributed by atoms with E-state index >= 15 is 0 Å². The second-order valence-corrected chi connectivity index (χ2v) is 10.9. The molecular weight excluding hydrogens is 666 g/mol. The van der Waals surface area contributed by atoms with Crippen LogP contribution in [0.15, 0.2) is 104 Å². The molecule has 0 radical (unpaired) electrons. The fraction of sp³-hybridized carbons (Fsp3) is 0.0667. The number of benzene rings is 4. The summed E-state index contributed by atoms with van der Waals surface area (Å²) in [5, 5.41) is 0. The molecule has 0 spiro atoms.